The molecule has 2 aliphatic heterocycles. The summed E-state index contributed by atoms with van der Waals surface area (Å²) in [6, 6.07) is 3.95. The van der Waals surface area contributed by atoms with Crippen molar-refractivity contribution in [3.8, 4) is 0 Å². The van der Waals surface area contributed by atoms with Gasteiger partial charge in [0.2, 0.25) is 11.8 Å². The van der Waals surface area contributed by atoms with Crippen molar-refractivity contribution in [3.63, 3.8) is 0 Å². The van der Waals surface area contributed by atoms with Gasteiger partial charge in [-0.05, 0) is 26.0 Å². The highest BCUT2D eigenvalue weighted by atomic mass is 32.2. The van der Waals surface area contributed by atoms with Gasteiger partial charge in [-0.2, -0.15) is 0 Å². The molecule has 0 radical (unpaired) electrons. The van der Waals surface area contributed by atoms with Crippen LogP contribution in [-0.2, 0) is 9.59 Å². The quantitative estimate of drug-likeness (QED) is 0.763. The molecule has 8 nitrogen and oxygen atoms in total. The minimum absolute atomic E-state index is 0.0590. The number of benzene rings is 1. The van der Waals surface area contributed by atoms with Gasteiger partial charge in [0.15, 0.2) is 0 Å². The molecule has 1 aromatic carbocycles. The molecule has 0 spiro atoms. The van der Waals surface area contributed by atoms with Crippen LogP contribution in [0.4, 0.5) is 4.79 Å². The lowest BCUT2D eigenvalue weighted by molar-refractivity contribution is -0.126. The molecule has 0 aromatic heterocycles. The summed E-state index contributed by atoms with van der Waals surface area (Å²) in [7, 11) is 0. The molecule has 1 aromatic rings. The van der Waals surface area contributed by atoms with Crippen LogP contribution in [0.25, 0.3) is 0 Å². The van der Waals surface area contributed by atoms with Crippen molar-refractivity contribution >= 4 is 40.6 Å². The van der Waals surface area contributed by atoms with E-state index in [0.29, 0.717) is 5.56 Å². The number of fused-ring (bicyclic) bond motifs is 1. The van der Waals surface area contributed by atoms with Gasteiger partial charge in [-0.15, -0.1) is 0 Å². The lowest BCUT2D eigenvalue weighted by atomic mass is 10.1. The van der Waals surface area contributed by atoms with Crippen molar-refractivity contribution in [2.75, 3.05) is 18.8 Å². The summed E-state index contributed by atoms with van der Waals surface area (Å²) in [6.07, 6.45) is 0. The number of amides is 5. The summed E-state index contributed by atoms with van der Waals surface area (Å²) in [5.74, 6) is -1.72. The topological polar surface area (TPSA) is 104 Å². The molecule has 0 bridgehead atoms. The van der Waals surface area contributed by atoms with Crippen molar-refractivity contribution < 1.29 is 24.0 Å². The van der Waals surface area contributed by atoms with E-state index < -0.39 is 23.8 Å². The average molecular weight is 375 g/mol. The number of nitrogens with one attached hydrogen (secondary N) is 1. The summed E-state index contributed by atoms with van der Waals surface area (Å²) in [6.45, 7) is 3.40. The molecule has 1 unspecified atom stereocenters. The van der Waals surface area contributed by atoms with E-state index in [2.05, 4.69) is 5.32 Å². The fourth-order valence-electron chi connectivity index (χ4n) is 2.88. The third-order valence-electron chi connectivity index (χ3n) is 4.32. The van der Waals surface area contributed by atoms with Crippen LogP contribution in [-0.4, -0.2) is 63.6 Å². The van der Waals surface area contributed by atoms with Gasteiger partial charge >= 0.3 is 0 Å². The Hall–Kier alpha value is -2.68. The Morgan fingerprint density at radius 1 is 1.19 bits per heavy atom. The Morgan fingerprint density at radius 3 is 2.54 bits per heavy atom. The molecular weight excluding hydrogens is 358 g/mol. The maximum Gasteiger partial charge on any atom is 0.288 e. The van der Waals surface area contributed by atoms with Crippen molar-refractivity contribution in [1.29, 1.82) is 0 Å². The maximum atomic E-state index is 12.5. The number of carbonyl (C=O) groups is 5. The lowest BCUT2D eigenvalue weighted by Gasteiger charge is -2.22. The number of imide groups is 2. The maximum absolute atomic E-state index is 12.5. The Balaban J connectivity index is 1.62. The molecule has 0 aliphatic carbocycles. The number of thioether (sulfide) groups is 1. The first-order chi connectivity index (χ1) is 12.3. The van der Waals surface area contributed by atoms with Crippen LogP contribution in [0.5, 0.6) is 0 Å². The van der Waals surface area contributed by atoms with Crippen LogP contribution >= 0.6 is 11.8 Å². The number of carbonyl (C=O) groups excluding carboxylic acids is 5. The van der Waals surface area contributed by atoms with E-state index in [9.17, 15) is 24.0 Å². The van der Waals surface area contributed by atoms with Gasteiger partial charge in [-0.25, -0.2) is 0 Å². The van der Waals surface area contributed by atoms with E-state index in [4.69, 9.17) is 0 Å². The standard InChI is InChI=1S/C17H17N3O5S/c1-9-3-4-11-12(7-9)16(24)20(15(11)23)10(2)14(22)18-5-6-19-13(21)8-26-17(19)25/h3-4,7,10H,5-6,8H2,1-2H3,(H,18,22). The van der Waals surface area contributed by atoms with Gasteiger partial charge < -0.3 is 5.32 Å². The molecule has 1 N–H and O–H groups in total. The third kappa shape index (κ3) is 3.10. The van der Waals surface area contributed by atoms with E-state index in [-0.39, 0.29) is 35.6 Å². The average Bonchev–Trinajstić information content (AvgIpc) is 3.05. The van der Waals surface area contributed by atoms with E-state index in [1.54, 1.807) is 18.2 Å². The first-order valence-corrected chi connectivity index (χ1v) is 9.03. The Kier molecular flexibility index (Phi) is 4.82. The van der Waals surface area contributed by atoms with Gasteiger partial charge in [0.05, 0.1) is 16.9 Å². The number of rotatable bonds is 5. The van der Waals surface area contributed by atoms with Crippen LogP contribution < -0.4 is 5.32 Å². The highest BCUT2D eigenvalue weighted by Crippen LogP contribution is 2.25. The smallest absolute Gasteiger partial charge is 0.288 e. The third-order valence-corrected chi connectivity index (χ3v) is 5.17. The number of hydrogen-bond donors (Lipinski definition) is 1. The van der Waals surface area contributed by atoms with E-state index >= 15 is 0 Å². The van der Waals surface area contributed by atoms with Crippen LogP contribution in [0, 0.1) is 6.92 Å². The molecule has 1 saturated heterocycles. The van der Waals surface area contributed by atoms with Crippen molar-refractivity contribution in [1.82, 2.24) is 15.1 Å². The first kappa shape index (κ1) is 18.1. The Labute approximate surface area is 153 Å². The molecule has 5 amide bonds. The largest absolute Gasteiger partial charge is 0.353 e. The highest BCUT2D eigenvalue weighted by Gasteiger charge is 2.40. The minimum atomic E-state index is -0.998. The summed E-state index contributed by atoms with van der Waals surface area (Å²) in [5, 5.41) is 2.23. The summed E-state index contributed by atoms with van der Waals surface area (Å²) in [4.78, 5) is 62.3. The van der Waals surface area contributed by atoms with Gasteiger partial charge in [0.1, 0.15) is 6.04 Å². The fourth-order valence-corrected chi connectivity index (χ4v) is 3.63. The zero-order valence-electron chi connectivity index (χ0n) is 14.3. The van der Waals surface area contributed by atoms with Gasteiger partial charge in [-0.3, -0.25) is 33.8 Å². The van der Waals surface area contributed by atoms with Crippen LogP contribution in [0.2, 0.25) is 0 Å². The molecule has 0 saturated carbocycles. The predicted octanol–water partition coefficient (Wildman–Crippen LogP) is 0.791. The molecule has 1 atom stereocenters. The van der Waals surface area contributed by atoms with Gasteiger partial charge in [-0.1, -0.05) is 23.4 Å². The van der Waals surface area contributed by atoms with E-state index in [0.717, 1.165) is 27.1 Å². The molecule has 9 heteroatoms. The van der Waals surface area contributed by atoms with Gasteiger partial charge in [0.25, 0.3) is 17.1 Å². The molecule has 3 rings (SSSR count). The monoisotopic (exact) mass is 375 g/mol. The predicted molar refractivity (Wildman–Crippen MR) is 93.7 cm³/mol. The zero-order chi connectivity index (χ0) is 19.0. The fraction of sp³-hybridized carbons (Fsp3) is 0.353. The summed E-state index contributed by atoms with van der Waals surface area (Å²) >= 11 is 0.921. The molecule has 136 valence electrons. The van der Waals surface area contributed by atoms with Gasteiger partial charge in [0, 0.05) is 13.1 Å². The second-order valence-corrected chi connectivity index (χ2v) is 7.02. The second-order valence-electron chi connectivity index (χ2n) is 6.10. The summed E-state index contributed by atoms with van der Waals surface area (Å²) in [5.41, 5.74) is 1.42. The number of hydrogen-bond acceptors (Lipinski definition) is 6. The van der Waals surface area contributed by atoms with Crippen molar-refractivity contribution in [3.05, 3.63) is 34.9 Å². The Bertz CT molecular complexity index is 822. The van der Waals surface area contributed by atoms with Crippen LogP contribution in [0.1, 0.15) is 33.2 Å². The SMILES string of the molecule is Cc1ccc2c(c1)C(=O)N(C(C)C(=O)NCCN1C(=O)CSC1=O)C2=O. The number of aryl methyl sites for hydroxylation is 1. The zero-order valence-corrected chi connectivity index (χ0v) is 15.1. The first-order valence-electron chi connectivity index (χ1n) is 8.04. The number of nitrogens with zero attached hydrogens (tertiary/aromatic N) is 2. The highest BCUT2D eigenvalue weighted by molar-refractivity contribution is 8.14. The normalized spacial score (nSPS) is 17.8. The molecule has 2 heterocycles. The minimum Gasteiger partial charge on any atom is -0.353 e. The molecular formula is C17H17N3O5S. The molecule has 26 heavy (non-hydrogen) atoms. The molecule has 2 aliphatic rings. The van der Waals surface area contributed by atoms with E-state index in [1.807, 2.05) is 6.92 Å². The Morgan fingerprint density at radius 2 is 1.88 bits per heavy atom. The van der Waals surface area contributed by atoms with Crippen molar-refractivity contribution in [2.24, 2.45) is 0 Å². The van der Waals surface area contributed by atoms with Crippen LogP contribution in [0.15, 0.2) is 18.2 Å². The van der Waals surface area contributed by atoms with E-state index in [1.165, 1.54) is 6.92 Å². The van der Waals surface area contributed by atoms with Crippen molar-refractivity contribution in [2.45, 2.75) is 19.9 Å². The van der Waals surface area contributed by atoms with Crippen LogP contribution in [0.3, 0.4) is 0 Å². The lowest BCUT2D eigenvalue weighted by Crippen LogP contribution is -2.49. The molecule has 1 fully saturated rings. The second kappa shape index (κ2) is 6.91. The summed E-state index contributed by atoms with van der Waals surface area (Å²) < 4.78 is 0.